The first-order chi connectivity index (χ1) is 10.3. The van der Waals surface area contributed by atoms with Gasteiger partial charge in [-0.3, -0.25) is 9.78 Å². The maximum Gasteiger partial charge on any atom is 0.279 e. The number of amides is 1. The highest BCUT2D eigenvalue weighted by atomic mass is 32.1. The lowest BCUT2D eigenvalue weighted by molar-refractivity contribution is 0.100. The molecule has 0 bridgehead atoms. The highest BCUT2D eigenvalue weighted by Gasteiger charge is 2.26. The first kappa shape index (κ1) is 12.6. The summed E-state index contributed by atoms with van der Waals surface area (Å²) in [5, 5.41) is 4.08. The Bertz CT molecular complexity index is 833. The lowest BCUT2D eigenvalue weighted by atomic mass is 10.0. The van der Waals surface area contributed by atoms with E-state index >= 15 is 0 Å². The van der Waals surface area contributed by atoms with Gasteiger partial charge < -0.3 is 0 Å². The maximum atomic E-state index is 12.4. The van der Waals surface area contributed by atoms with Crippen molar-refractivity contribution in [2.45, 2.75) is 6.42 Å². The van der Waals surface area contributed by atoms with Crippen LogP contribution in [0, 0.1) is 0 Å². The van der Waals surface area contributed by atoms with Gasteiger partial charge in [0, 0.05) is 33.3 Å². The standard InChI is InChI=1S/C16H10N2OS2/c19-16-15-10(13-5-3-7-20-13)9-21-14(15)8-12(18-16)11-4-1-2-6-17-11/h1-7,9H,8H2. The molecule has 0 unspecified atom stereocenters. The Morgan fingerprint density at radius 1 is 1.10 bits per heavy atom. The number of hydrogen-bond acceptors (Lipinski definition) is 4. The second-order valence-corrected chi connectivity index (χ2v) is 6.59. The van der Waals surface area contributed by atoms with Gasteiger partial charge in [-0.2, -0.15) is 0 Å². The number of nitrogens with zero attached hydrogens (tertiary/aromatic N) is 2. The monoisotopic (exact) mass is 310 g/mol. The van der Waals surface area contributed by atoms with Crippen molar-refractivity contribution in [3.8, 4) is 10.4 Å². The van der Waals surface area contributed by atoms with E-state index in [4.69, 9.17) is 0 Å². The molecule has 5 heteroatoms. The zero-order chi connectivity index (χ0) is 14.2. The fourth-order valence-corrected chi connectivity index (χ4v) is 4.29. The molecular formula is C16H10N2OS2. The molecule has 102 valence electrons. The number of aromatic nitrogens is 1. The third-order valence-corrected chi connectivity index (χ3v) is 5.28. The molecule has 0 spiro atoms. The normalized spacial score (nSPS) is 13.9. The van der Waals surface area contributed by atoms with Gasteiger partial charge in [0.05, 0.1) is 17.0 Å². The van der Waals surface area contributed by atoms with Gasteiger partial charge in [-0.05, 0) is 23.6 Å². The van der Waals surface area contributed by atoms with Gasteiger partial charge in [-0.15, -0.1) is 22.7 Å². The average molecular weight is 310 g/mol. The third kappa shape index (κ3) is 2.14. The number of aliphatic imine (C=N–C) groups is 1. The molecule has 1 aliphatic heterocycles. The topological polar surface area (TPSA) is 42.3 Å². The molecule has 0 aliphatic carbocycles. The van der Waals surface area contributed by atoms with E-state index in [1.54, 1.807) is 28.9 Å². The van der Waals surface area contributed by atoms with Crippen molar-refractivity contribution in [1.82, 2.24) is 4.98 Å². The third-order valence-electron chi connectivity index (χ3n) is 3.39. The average Bonchev–Trinajstić information content (AvgIpc) is 3.17. The van der Waals surface area contributed by atoms with Crippen molar-refractivity contribution in [3.63, 3.8) is 0 Å². The summed E-state index contributed by atoms with van der Waals surface area (Å²) in [6.45, 7) is 0. The fraction of sp³-hybridized carbons (Fsp3) is 0.0625. The van der Waals surface area contributed by atoms with Gasteiger partial charge >= 0.3 is 0 Å². The van der Waals surface area contributed by atoms with E-state index in [-0.39, 0.29) is 5.91 Å². The molecular weight excluding hydrogens is 300 g/mol. The quantitative estimate of drug-likeness (QED) is 0.716. The second-order valence-electron chi connectivity index (χ2n) is 4.68. The number of hydrogen-bond donors (Lipinski definition) is 0. The predicted molar refractivity (Wildman–Crippen MR) is 86.4 cm³/mol. The number of fused-ring (bicyclic) bond motifs is 1. The first-order valence-electron chi connectivity index (χ1n) is 6.50. The molecule has 3 aromatic rings. The molecule has 1 amide bonds. The van der Waals surface area contributed by atoms with Crippen LogP contribution in [-0.4, -0.2) is 16.6 Å². The molecule has 0 saturated heterocycles. The minimum absolute atomic E-state index is 0.151. The van der Waals surface area contributed by atoms with Crippen molar-refractivity contribution in [2.75, 3.05) is 0 Å². The first-order valence-corrected chi connectivity index (χ1v) is 8.26. The van der Waals surface area contributed by atoms with Crippen molar-refractivity contribution >= 4 is 34.3 Å². The Kier molecular flexibility index (Phi) is 3.02. The van der Waals surface area contributed by atoms with Crippen LogP contribution in [0.2, 0.25) is 0 Å². The molecule has 4 rings (SSSR count). The largest absolute Gasteiger partial charge is 0.279 e. The van der Waals surface area contributed by atoms with Crippen LogP contribution in [0.4, 0.5) is 0 Å². The van der Waals surface area contributed by atoms with E-state index in [2.05, 4.69) is 15.4 Å². The summed E-state index contributed by atoms with van der Waals surface area (Å²) in [5.74, 6) is -0.151. The van der Waals surface area contributed by atoms with E-state index in [1.165, 1.54) is 0 Å². The number of thiophene rings is 2. The Morgan fingerprint density at radius 3 is 2.81 bits per heavy atom. The Labute approximate surface area is 129 Å². The van der Waals surface area contributed by atoms with Crippen LogP contribution in [0.5, 0.6) is 0 Å². The maximum absolute atomic E-state index is 12.4. The minimum Gasteiger partial charge on any atom is -0.267 e. The van der Waals surface area contributed by atoms with Gasteiger partial charge in [0.1, 0.15) is 0 Å². The van der Waals surface area contributed by atoms with Gasteiger partial charge in [0.25, 0.3) is 5.91 Å². The number of carbonyl (C=O) groups excluding carboxylic acids is 1. The van der Waals surface area contributed by atoms with Gasteiger partial charge in [0.15, 0.2) is 0 Å². The summed E-state index contributed by atoms with van der Waals surface area (Å²) >= 11 is 3.28. The highest BCUT2D eigenvalue weighted by Crippen LogP contribution is 2.37. The van der Waals surface area contributed by atoms with E-state index < -0.39 is 0 Å². The van der Waals surface area contributed by atoms with Crippen LogP contribution >= 0.6 is 22.7 Å². The molecule has 3 aromatic heterocycles. The summed E-state index contributed by atoms with van der Waals surface area (Å²) in [6.07, 6.45) is 2.40. The van der Waals surface area contributed by atoms with Crippen LogP contribution in [-0.2, 0) is 6.42 Å². The van der Waals surface area contributed by atoms with Gasteiger partial charge in [-0.1, -0.05) is 12.1 Å². The number of rotatable bonds is 2. The zero-order valence-corrected chi connectivity index (χ0v) is 12.6. The van der Waals surface area contributed by atoms with Crippen molar-refractivity contribution in [1.29, 1.82) is 0 Å². The number of pyridine rings is 1. The smallest absolute Gasteiger partial charge is 0.267 e. The zero-order valence-electron chi connectivity index (χ0n) is 10.9. The molecule has 3 nitrogen and oxygen atoms in total. The second kappa shape index (κ2) is 5.02. The van der Waals surface area contributed by atoms with Crippen LogP contribution < -0.4 is 0 Å². The fourth-order valence-electron chi connectivity index (χ4n) is 2.43. The Morgan fingerprint density at radius 2 is 2.05 bits per heavy atom. The van der Waals surface area contributed by atoms with Crippen LogP contribution in [0.3, 0.4) is 0 Å². The molecule has 0 aromatic carbocycles. The van der Waals surface area contributed by atoms with Gasteiger partial charge in [0.2, 0.25) is 0 Å². The summed E-state index contributed by atoms with van der Waals surface area (Å²) in [4.78, 5) is 23.2. The summed E-state index contributed by atoms with van der Waals surface area (Å²) in [5.41, 5.74) is 3.32. The molecule has 1 aliphatic rings. The number of carbonyl (C=O) groups is 1. The molecule has 4 heterocycles. The van der Waals surface area contributed by atoms with Crippen molar-refractivity contribution in [2.24, 2.45) is 4.99 Å². The Balaban J connectivity index is 1.78. The van der Waals surface area contributed by atoms with Crippen molar-refractivity contribution in [3.05, 3.63) is 63.4 Å². The molecule has 0 atom stereocenters. The van der Waals surface area contributed by atoms with E-state index in [0.29, 0.717) is 6.42 Å². The Hall–Kier alpha value is -2.11. The molecule has 0 radical (unpaired) electrons. The van der Waals surface area contributed by atoms with Crippen LogP contribution in [0.15, 0.2) is 52.3 Å². The molecule has 0 saturated carbocycles. The van der Waals surface area contributed by atoms with E-state index in [0.717, 1.165) is 32.3 Å². The molecule has 21 heavy (non-hydrogen) atoms. The summed E-state index contributed by atoms with van der Waals surface area (Å²) in [6, 6.07) is 9.71. The van der Waals surface area contributed by atoms with Crippen molar-refractivity contribution < 1.29 is 4.79 Å². The predicted octanol–water partition coefficient (Wildman–Crippen LogP) is 4.06. The summed E-state index contributed by atoms with van der Waals surface area (Å²) < 4.78 is 0. The highest BCUT2D eigenvalue weighted by molar-refractivity contribution is 7.15. The van der Waals surface area contributed by atoms with E-state index in [9.17, 15) is 4.79 Å². The SMILES string of the molecule is O=C1N=C(c2ccccn2)Cc2scc(-c3cccs3)c21. The molecule has 0 fully saturated rings. The molecule has 0 N–H and O–H groups in total. The lowest BCUT2D eigenvalue weighted by Crippen LogP contribution is -2.17. The van der Waals surface area contributed by atoms with Crippen LogP contribution in [0.25, 0.3) is 10.4 Å². The minimum atomic E-state index is -0.151. The summed E-state index contributed by atoms with van der Waals surface area (Å²) in [7, 11) is 0. The lowest BCUT2D eigenvalue weighted by Gasteiger charge is -2.12. The van der Waals surface area contributed by atoms with Crippen LogP contribution in [0.1, 0.15) is 20.9 Å². The van der Waals surface area contributed by atoms with Gasteiger partial charge in [-0.25, -0.2) is 4.99 Å². The van der Waals surface area contributed by atoms with E-state index in [1.807, 2.05) is 35.7 Å².